The molecule has 198 valence electrons. The van der Waals surface area contributed by atoms with Gasteiger partial charge in [-0.2, -0.15) is 0 Å². The first-order valence-corrected chi connectivity index (χ1v) is 14.5. The number of fused-ring (bicyclic) bond motifs is 1. The zero-order valence-corrected chi connectivity index (χ0v) is 23.5. The normalized spacial score (nSPS) is 14.4. The van der Waals surface area contributed by atoms with Gasteiger partial charge in [0.05, 0.1) is 0 Å². The van der Waals surface area contributed by atoms with Gasteiger partial charge in [0.15, 0.2) is 0 Å². The van der Waals surface area contributed by atoms with E-state index in [2.05, 4.69) is 138 Å². The van der Waals surface area contributed by atoms with Crippen molar-refractivity contribution in [3.8, 4) is 29.2 Å². The maximum Gasteiger partial charge on any atom is 0.100 e. The van der Waals surface area contributed by atoms with Gasteiger partial charge >= 0.3 is 0 Å². The van der Waals surface area contributed by atoms with E-state index in [1.165, 1.54) is 46.5 Å². The zero-order chi connectivity index (χ0) is 27.5. The molecule has 1 aliphatic carbocycles. The fourth-order valence-corrected chi connectivity index (χ4v) is 6.39. The monoisotopic (exact) mass is 520 g/mol. The Morgan fingerprint density at radius 1 is 0.775 bits per heavy atom. The van der Waals surface area contributed by atoms with Gasteiger partial charge in [-0.25, -0.2) is 0 Å². The van der Waals surface area contributed by atoms with E-state index in [1.807, 2.05) is 0 Å². The van der Waals surface area contributed by atoms with Crippen LogP contribution in [0.15, 0.2) is 109 Å². The second kappa shape index (κ2) is 11.3. The van der Waals surface area contributed by atoms with Crippen molar-refractivity contribution >= 4 is 17.1 Å². The van der Waals surface area contributed by atoms with E-state index in [1.54, 1.807) is 0 Å². The SMILES string of the molecule is C#Cc1c(CCC)c2c(n1-c1ccc(-c3ccc(N(c4ccccc4)c4ccccc4)cc3)cc1)CCCC2C. The summed E-state index contributed by atoms with van der Waals surface area (Å²) in [5.41, 5.74) is 12.4. The molecule has 0 bridgehead atoms. The van der Waals surface area contributed by atoms with E-state index in [0.29, 0.717) is 5.92 Å². The molecule has 1 heterocycles. The van der Waals surface area contributed by atoms with Gasteiger partial charge in [-0.3, -0.25) is 0 Å². The number of rotatable bonds is 7. The minimum absolute atomic E-state index is 0.572. The number of hydrogen-bond donors (Lipinski definition) is 0. The fraction of sp³-hybridized carbons (Fsp3) is 0.211. The van der Waals surface area contributed by atoms with Crippen LogP contribution in [-0.4, -0.2) is 4.57 Å². The molecule has 0 N–H and O–H groups in total. The lowest BCUT2D eigenvalue weighted by atomic mass is 9.84. The van der Waals surface area contributed by atoms with Crippen LogP contribution in [0.4, 0.5) is 17.1 Å². The van der Waals surface area contributed by atoms with Gasteiger partial charge in [0.25, 0.3) is 0 Å². The molecule has 0 saturated carbocycles. The van der Waals surface area contributed by atoms with Gasteiger partial charge in [0.1, 0.15) is 5.69 Å². The van der Waals surface area contributed by atoms with Crippen LogP contribution in [0.25, 0.3) is 16.8 Å². The highest BCUT2D eigenvalue weighted by molar-refractivity contribution is 5.78. The summed E-state index contributed by atoms with van der Waals surface area (Å²) in [5, 5.41) is 0. The summed E-state index contributed by atoms with van der Waals surface area (Å²) in [6.45, 7) is 4.61. The van der Waals surface area contributed by atoms with Crippen LogP contribution in [0.2, 0.25) is 0 Å². The number of anilines is 3. The number of terminal acetylenes is 1. The first-order chi connectivity index (χ1) is 19.7. The molecule has 1 aromatic heterocycles. The van der Waals surface area contributed by atoms with Gasteiger partial charge in [0, 0.05) is 28.4 Å². The number of aromatic nitrogens is 1. The summed E-state index contributed by atoms with van der Waals surface area (Å²) in [7, 11) is 0. The molecule has 0 spiro atoms. The molecule has 1 atom stereocenters. The third-order valence-corrected chi connectivity index (χ3v) is 8.21. The van der Waals surface area contributed by atoms with Crippen molar-refractivity contribution in [2.45, 2.75) is 51.9 Å². The smallest absolute Gasteiger partial charge is 0.100 e. The molecule has 1 unspecified atom stereocenters. The Hall–Kier alpha value is -4.48. The van der Waals surface area contributed by atoms with E-state index >= 15 is 0 Å². The Kier molecular flexibility index (Phi) is 7.30. The first-order valence-electron chi connectivity index (χ1n) is 14.5. The number of nitrogens with zero attached hydrogens (tertiary/aromatic N) is 2. The Morgan fingerprint density at radius 3 is 1.88 bits per heavy atom. The first kappa shape index (κ1) is 25.8. The Bertz CT molecular complexity index is 1580. The lowest BCUT2D eigenvalue weighted by Crippen LogP contribution is -2.10. The number of para-hydroxylation sites is 2. The lowest BCUT2D eigenvalue weighted by Gasteiger charge is -2.25. The number of benzene rings is 4. The molecule has 0 amide bonds. The Labute approximate surface area is 238 Å². The number of hydrogen-bond acceptors (Lipinski definition) is 1. The molecular weight excluding hydrogens is 484 g/mol. The van der Waals surface area contributed by atoms with Crippen LogP contribution in [0.1, 0.15) is 61.5 Å². The van der Waals surface area contributed by atoms with Gasteiger partial charge in [0.2, 0.25) is 0 Å². The average Bonchev–Trinajstić information content (AvgIpc) is 3.33. The van der Waals surface area contributed by atoms with Gasteiger partial charge in [-0.15, -0.1) is 6.42 Å². The molecule has 1 aliphatic rings. The standard InChI is InChI=1S/C38H36N2/c1-4-13-35-36(5-2)40(37-19-12-14-28(3)38(35)37)34-26-22-30(23-27-34)29-20-24-33(25-21-29)39(31-15-8-6-9-16-31)32-17-10-7-11-18-32/h2,6-11,15-18,20-28H,4,12-14,19H2,1,3H3. The van der Waals surface area contributed by atoms with Crippen LogP contribution in [0.5, 0.6) is 0 Å². The molecule has 40 heavy (non-hydrogen) atoms. The minimum atomic E-state index is 0.572. The van der Waals surface area contributed by atoms with Crippen molar-refractivity contribution < 1.29 is 0 Å². The quantitative estimate of drug-likeness (QED) is 0.194. The van der Waals surface area contributed by atoms with Crippen molar-refractivity contribution in [2.75, 3.05) is 4.90 Å². The zero-order valence-electron chi connectivity index (χ0n) is 23.5. The van der Waals surface area contributed by atoms with E-state index in [0.717, 1.165) is 42.0 Å². The predicted octanol–water partition coefficient (Wildman–Crippen LogP) is 9.99. The molecule has 0 fully saturated rings. The predicted molar refractivity (Wildman–Crippen MR) is 169 cm³/mol. The summed E-state index contributed by atoms with van der Waals surface area (Å²) >= 11 is 0. The van der Waals surface area contributed by atoms with Crippen LogP contribution in [-0.2, 0) is 12.8 Å². The summed E-state index contributed by atoms with van der Waals surface area (Å²) in [6, 6.07) is 38.8. The summed E-state index contributed by atoms with van der Waals surface area (Å²) < 4.78 is 2.38. The molecule has 2 nitrogen and oxygen atoms in total. The topological polar surface area (TPSA) is 8.17 Å². The van der Waals surface area contributed by atoms with Gasteiger partial charge in [-0.05, 0) is 102 Å². The molecule has 5 aromatic rings. The van der Waals surface area contributed by atoms with Crippen LogP contribution in [0.3, 0.4) is 0 Å². The van der Waals surface area contributed by atoms with Crippen molar-refractivity contribution in [3.63, 3.8) is 0 Å². The summed E-state index contributed by atoms with van der Waals surface area (Å²) in [6.07, 6.45) is 11.9. The van der Waals surface area contributed by atoms with Crippen molar-refractivity contribution in [3.05, 3.63) is 132 Å². The Morgan fingerprint density at radius 2 is 1.32 bits per heavy atom. The van der Waals surface area contributed by atoms with Crippen LogP contribution in [0, 0.1) is 12.3 Å². The van der Waals surface area contributed by atoms with Crippen molar-refractivity contribution in [2.24, 2.45) is 0 Å². The largest absolute Gasteiger partial charge is 0.311 e. The van der Waals surface area contributed by atoms with Crippen molar-refractivity contribution in [1.82, 2.24) is 4.57 Å². The lowest BCUT2D eigenvalue weighted by molar-refractivity contribution is 0.574. The van der Waals surface area contributed by atoms with Crippen LogP contribution < -0.4 is 4.90 Å². The average molecular weight is 521 g/mol. The fourth-order valence-electron chi connectivity index (χ4n) is 6.39. The molecule has 0 saturated heterocycles. The van der Waals surface area contributed by atoms with Gasteiger partial charge in [-0.1, -0.05) is 86.9 Å². The molecule has 4 aromatic carbocycles. The third-order valence-electron chi connectivity index (χ3n) is 8.21. The van der Waals surface area contributed by atoms with E-state index in [4.69, 9.17) is 6.42 Å². The summed E-state index contributed by atoms with van der Waals surface area (Å²) in [4.78, 5) is 2.29. The maximum atomic E-state index is 6.15. The molecular formula is C38H36N2. The molecule has 6 rings (SSSR count). The highest BCUT2D eigenvalue weighted by Gasteiger charge is 2.28. The van der Waals surface area contributed by atoms with E-state index < -0.39 is 0 Å². The van der Waals surface area contributed by atoms with E-state index in [9.17, 15) is 0 Å². The van der Waals surface area contributed by atoms with Crippen molar-refractivity contribution in [1.29, 1.82) is 0 Å². The molecule has 0 aliphatic heterocycles. The van der Waals surface area contributed by atoms with Crippen LogP contribution >= 0.6 is 0 Å². The minimum Gasteiger partial charge on any atom is -0.311 e. The molecule has 2 heteroatoms. The third kappa shape index (κ3) is 4.74. The summed E-state index contributed by atoms with van der Waals surface area (Å²) in [5.74, 6) is 3.65. The maximum absolute atomic E-state index is 6.15. The highest BCUT2D eigenvalue weighted by Crippen LogP contribution is 2.40. The Balaban J connectivity index is 1.33. The molecule has 0 radical (unpaired) electrons. The highest BCUT2D eigenvalue weighted by atomic mass is 15.1. The second-order valence-corrected chi connectivity index (χ2v) is 10.8. The van der Waals surface area contributed by atoms with E-state index in [-0.39, 0.29) is 0 Å². The second-order valence-electron chi connectivity index (χ2n) is 10.8. The van der Waals surface area contributed by atoms with Gasteiger partial charge < -0.3 is 9.47 Å².